The van der Waals surface area contributed by atoms with E-state index in [0.29, 0.717) is 17.0 Å². The lowest BCUT2D eigenvalue weighted by atomic mass is 10.1. The Morgan fingerprint density at radius 3 is 2.00 bits per heavy atom. The zero-order valence-corrected chi connectivity index (χ0v) is 11.2. The molecule has 0 bridgehead atoms. The van der Waals surface area contributed by atoms with Crippen LogP contribution in [0.4, 0.5) is 8.78 Å². The van der Waals surface area contributed by atoms with Gasteiger partial charge in [-0.15, -0.1) is 10.2 Å². The second kappa shape index (κ2) is 5.32. The van der Waals surface area contributed by atoms with Crippen molar-refractivity contribution in [2.75, 3.05) is 7.05 Å². The van der Waals surface area contributed by atoms with Crippen molar-refractivity contribution in [1.29, 1.82) is 0 Å². The van der Waals surface area contributed by atoms with Gasteiger partial charge in [0, 0.05) is 7.05 Å². The molecule has 0 aromatic heterocycles. The van der Waals surface area contributed by atoms with Crippen molar-refractivity contribution in [3.8, 4) is 0 Å². The molecule has 3 rings (SSSR count). The Hall–Kier alpha value is -2.76. The van der Waals surface area contributed by atoms with Crippen LogP contribution in [0.1, 0.15) is 11.1 Å². The average Bonchev–Trinajstić information content (AvgIpc) is 2.49. The molecule has 2 aromatic carbocycles. The van der Waals surface area contributed by atoms with Crippen molar-refractivity contribution < 1.29 is 8.78 Å². The van der Waals surface area contributed by atoms with Gasteiger partial charge < -0.3 is 0 Å². The van der Waals surface area contributed by atoms with E-state index >= 15 is 0 Å². The number of hydrazine groups is 1. The highest BCUT2D eigenvalue weighted by Crippen LogP contribution is 2.14. The first-order valence-corrected chi connectivity index (χ1v) is 6.32. The van der Waals surface area contributed by atoms with Crippen LogP contribution in [0, 0.1) is 11.6 Å². The number of halogens is 2. The van der Waals surface area contributed by atoms with Crippen molar-refractivity contribution >= 4 is 11.7 Å². The molecule has 0 unspecified atom stereocenters. The van der Waals surface area contributed by atoms with Crippen molar-refractivity contribution in [2.45, 2.75) is 0 Å². The molecule has 1 aliphatic rings. The Morgan fingerprint density at radius 1 is 0.857 bits per heavy atom. The van der Waals surface area contributed by atoms with Crippen LogP contribution in [-0.2, 0) is 0 Å². The third-order valence-electron chi connectivity index (χ3n) is 3.08. The van der Waals surface area contributed by atoms with Crippen LogP contribution in [0.15, 0.2) is 58.7 Å². The first-order chi connectivity index (χ1) is 10.2. The number of benzene rings is 2. The molecule has 1 N–H and O–H groups in total. The highest BCUT2D eigenvalue weighted by molar-refractivity contribution is 6.06. The summed E-state index contributed by atoms with van der Waals surface area (Å²) in [5, 5.41) is 9.46. The smallest absolute Gasteiger partial charge is 0.179 e. The third-order valence-corrected chi connectivity index (χ3v) is 3.08. The molecule has 6 heteroatoms. The van der Waals surface area contributed by atoms with E-state index in [1.165, 1.54) is 17.1 Å². The number of nitrogens with zero attached hydrogens (tertiary/aromatic N) is 3. The third kappa shape index (κ3) is 2.47. The van der Waals surface area contributed by atoms with Gasteiger partial charge in [0.25, 0.3) is 0 Å². The lowest BCUT2D eigenvalue weighted by molar-refractivity contribution is 0.443. The van der Waals surface area contributed by atoms with Gasteiger partial charge in [-0.05, 0) is 24.3 Å². The van der Waals surface area contributed by atoms with Gasteiger partial charge in [0.2, 0.25) is 0 Å². The topological polar surface area (TPSA) is 40.0 Å². The number of hydrogen-bond donors (Lipinski definition) is 1. The van der Waals surface area contributed by atoms with Crippen molar-refractivity contribution in [3.05, 3.63) is 71.3 Å². The maximum absolute atomic E-state index is 13.8. The average molecular weight is 286 g/mol. The Balaban J connectivity index is 2.01. The molecule has 1 aliphatic heterocycles. The molecule has 0 spiro atoms. The molecule has 0 atom stereocenters. The van der Waals surface area contributed by atoms with E-state index < -0.39 is 11.6 Å². The quantitative estimate of drug-likeness (QED) is 0.921. The lowest BCUT2D eigenvalue weighted by Gasteiger charge is -2.26. The van der Waals surface area contributed by atoms with Crippen molar-refractivity contribution in [3.63, 3.8) is 0 Å². The monoisotopic (exact) mass is 286 g/mol. The second-order valence-corrected chi connectivity index (χ2v) is 4.50. The fourth-order valence-corrected chi connectivity index (χ4v) is 2.04. The second-order valence-electron chi connectivity index (χ2n) is 4.50. The molecule has 0 fully saturated rings. The summed E-state index contributed by atoms with van der Waals surface area (Å²) in [6.45, 7) is 0. The van der Waals surface area contributed by atoms with E-state index in [9.17, 15) is 8.78 Å². The van der Waals surface area contributed by atoms with Gasteiger partial charge in [-0.25, -0.2) is 8.78 Å². The van der Waals surface area contributed by atoms with E-state index in [1.54, 1.807) is 43.4 Å². The van der Waals surface area contributed by atoms with Gasteiger partial charge >= 0.3 is 0 Å². The van der Waals surface area contributed by atoms with E-state index in [4.69, 9.17) is 0 Å². The van der Waals surface area contributed by atoms with Gasteiger partial charge in [-0.1, -0.05) is 24.3 Å². The largest absolute Gasteiger partial charge is 0.278 e. The predicted molar refractivity (Wildman–Crippen MR) is 76.8 cm³/mol. The summed E-state index contributed by atoms with van der Waals surface area (Å²) < 4.78 is 27.5. The van der Waals surface area contributed by atoms with Crippen LogP contribution in [0.2, 0.25) is 0 Å². The molecule has 21 heavy (non-hydrogen) atoms. The highest BCUT2D eigenvalue weighted by Gasteiger charge is 2.20. The fourth-order valence-electron chi connectivity index (χ4n) is 2.04. The summed E-state index contributed by atoms with van der Waals surface area (Å²) in [4.78, 5) is 0. The SMILES string of the molecule is CN1NC(c2ccccc2F)=NN=C1c1ccccc1F. The Bertz CT molecular complexity index is 740. The molecular weight excluding hydrogens is 274 g/mol. The van der Waals surface area contributed by atoms with Crippen LogP contribution >= 0.6 is 0 Å². The molecule has 106 valence electrons. The molecule has 2 aromatic rings. The van der Waals surface area contributed by atoms with Crippen LogP contribution < -0.4 is 5.43 Å². The van der Waals surface area contributed by atoms with Gasteiger partial charge in [0.15, 0.2) is 11.7 Å². The molecule has 1 heterocycles. The maximum Gasteiger partial charge on any atom is 0.179 e. The molecule has 0 radical (unpaired) electrons. The maximum atomic E-state index is 13.8. The molecule has 0 saturated carbocycles. The number of amidine groups is 2. The predicted octanol–water partition coefficient (Wildman–Crippen LogP) is 2.52. The molecule has 0 saturated heterocycles. The standard InChI is InChI=1S/C15H12F2N4/c1-21-15(11-7-3-5-9-13(11)17)19-18-14(20-21)10-6-2-4-8-12(10)16/h2-9H,1H3,(H,18,20). The summed E-state index contributed by atoms with van der Waals surface area (Å²) in [5.41, 5.74) is 3.52. The molecule has 0 aliphatic carbocycles. The molecule has 4 nitrogen and oxygen atoms in total. The van der Waals surface area contributed by atoms with E-state index in [1.807, 2.05) is 0 Å². The summed E-state index contributed by atoms with van der Waals surface area (Å²) in [7, 11) is 1.67. The normalized spacial score (nSPS) is 14.3. The lowest BCUT2D eigenvalue weighted by Crippen LogP contribution is -2.46. The van der Waals surface area contributed by atoms with Gasteiger partial charge in [-0.3, -0.25) is 10.4 Å². The van der Waals surface area contributed by atoms with Gasteiger partial charge in [0.05, 0.1) is 11.1 Å². The van der Waals surface area contributed by atoms with Crippen molar-refractivity contribution in [2.24, 2.45) is 10.2 Å². The molecule has 0 amide bonds. The number of nitrogens with one attached hydrogen (secondary N) is 1. The minimum Gasteiger partial charge on any atom is -0.278 e. The summed E-state index contributed by atoms with van der Waals surface area (Å²) in [6.07, 6.45) is 0. The Morgan fingerprint density at radius 2 is 1.43 bits per heavy atom. The van der Waals surface area contributed by atoms with Crippen LogP contribution in [0.25, 0.3) is 0 Å². The van der Waals surface area contributed by atoms with E-state index in [-0.39, 0.29) is 5.84 Å². The van der Waals surface area contributed by atoms with Crippen LogP contribution in [0.3, 0.4) is 0 Å². The van der Waals surface area contributed by atoms with E-state index in [2.05, 4.69) is 15.6 Å². The summed E-state index contributed by atoms with van der Waals surface area (Å²) in [6, 6.07) is 12.5. The van der Waals surface area contributed by atoms with Crippen LogP contribution in [-0.4, -0.2) is 23.7 Å². The van der Waals surface area contributed by atoms with Crippen molar-refractivity contribution in [1.82, 2.24) is 10.4 Å². The Kier molecular flexibility index (Phi) is 3.35. The zero-order chi connectivity index (χ0) is 14.8. The Labute approximate surface area is 120 Å². The summed E-state index contributed by atoms with van der Waals surface area (Å²) in [5.74, 6) is -0.194. The minimum absolute atomic E-state index is 0.274. The van der Waals surface area contributed by atoms with Gasteiger partial charge in [-0.2, -0.15) is 0 Å². The highest BCUT2D eigenvalue weighted by atomic mass is 19.1. The molecular formula is C15H12F2N4. The zero-order valence-electron chi connectivity index (χ0n) is 11.2. The first-order valence-electron chi connectivity index (χ1n) is 6.32. The fraction of sp³-hybridized carbons (Fsp3) is 0.0667. The van der Waals surface area contributed by atoms with Crippen LogP contribution in [0.5, 0.6) is 0 Å². The summed E-state index contributed by atoms with van der Waals surface area (Å²) >= 11 is 0. The minimum atomic E-state index is -0.401. The first kappa shape index (κ1) is 13.2. The number of hydrogen-bond acceptors (Lipinski definition) is 4. The number of rotatable bonds is 2. The van der Waals surface area contributed by atoms with Gasteiger partial charge in [0.1, 0.15) is 11.6 Å². The van der Waals surface area contributed by atoms with E-state index in [0.717, 1.165) is 0 Å².